The normalized spacial score (nSPS) is 13.8. The van der Waals surface area contributed by atoms with Crippen molar-refractivity contribution in [2.45, 2.75) is 13.0 Å². The molecule has 0 saturated carbocycles. The van der Waals surface area contributed by atoms with Gasteiger partial charge in [-0.05, 0) is 34.1 Å². The number of nitrogens with one attached hydrogen (secondary N) is 1. The second-order valence-corrected chi connectivity index (χ2v) is 7.97. The van der Waals surface area contributed by atoms with Crippen molar-refractivity contribution in [1.29, 1.82) is 0 Å². The minimum atomic E-state index is 0.529. The quantitative estimate of drug-likeness (QED) is 0.350. The van der Waals surface area contributed by atoms with E-state index in [4.69, 9.17) is 21.3 Å². The number of aromatic nitrogens is 1. The lowest BCUT2D eigenvalue weighted by Gasteiger charge is -2.20. The zero-order valence-electron chi connectivity index (χ0n) is 17.1. The number of hydrogen-bond acceptors (Lipinski definition) is 3. The molecule has 154 valence electrons. The number of anilines is 1. The lowest BCUT2D eigenvalue weighted by Crippen LogP contribution is -2.08. The number of ether oxygens (including phenoxy) is 1. The third kappa shape index (κ3) is 4.07. The van der Waals surface area contributed by atoms with Crippen LogP contribution in [0.15, 0.2) is 84.9 Å². The van der Waals surface area contributed by atoms with Gasteiger partial charge < -0.3 is 10.1 Å². The molecule has 0 atom stereocenters. The molecule has 3 aromatic carbocycles. The third-order valence-electron chi connectivity index (χ3n) is 5.66. The molecule has 4 aromatic rings. The minimum absolute atomic E-state index is 0.529. The highest BCUT2D eigenvalue weighted by Gasteiger charge is 2.20. The summed E-state index contributed by atoms with van der Waals surface area (Å²) in [5.41, 5.74) is 5.72. The smallest absolute Gasteiger partial charge is 0.139 e. The molecular formula is C27H23ClN2O. The highest BCUT2D eigenvalue weighted by atomic mass is 35.5. The number of hydrogen-bond donors (Lipinski definition) is 1. The second kappa shape index (κ2) is 8.93. The van der Waals surface area contributed by atoms with E-state index in [-0.39, 0.29) is 0 Å². The molecule has 1 aromatic heterocycles. The monoisotopic (exact) mass is 426 g/mol. The van der Waals surface area contributed by atoms with Crippen LogP contribution in [0, 0.1) is 0 Å². The molecule has 0 saturated heterocycles. The van der Waals surface area contributed by atoms with Gasteiger partial charge >= 0.3 is 0 Å². The summed E-state index contributed by atoms with van der Waals surface area (Å²) in [6.07, 6.45) is 2.96. The summed E-state index contributed by atoms with van der Waals surface area (Å²) in [4.78, 5) is 4.85. The Bertz CT molecular complexity index is 1240. The van der Waals surface area contributed by atoms with Gasteiger partial charge in [0.1, 0.15) is 11.0 Å². The topological polar surface area (TPSA) is 34.2 Å². The van der Waals surface area contributed by atoms with Gasteiger partial charge in [0.2, 0.25) is 0 Å². The molecular weight excluding hydrogens is 404 g/mol. The van der Waals surface area contributed by atoms with Crippen molar-refractivity contribution in [2.24, 2.45) is 0 Å². The lowest BCUT2D eigenvalue weighted by molar-refractivity contribution is 0.161. The van der Waals surface area contributed by atoms with E-state index < -0.39 is 0 Å². The highest BCUT2D eigenvalue weighted by molar-refractivity contribution is 6.33. The Morgan fingerprint density at radius 2 is 1.68 bits per heavy atom. The Morgan fingerprint density at radius 3 is 2.42 bits per heavy atom. The number of nitrogens with zero attached hydrogens (tertiary/aromatic N) is 1. The van der Waals surface area contributed by atoms with Crippen molar-refractivity contribution < 1.29 is 4.74 Å². The van der Waals surface area contributed by atoms with Crippen LogP contribution in [0.25, 0.3) is 27.5 Å². The van der Waals surface area contributed by atoms with E-state index in [1.54, 1.807) is 0 Å². The summed E-state index contributed by atoms with van der Waals surface area (Å²) in [6.45, 7) is 1.99. The van der Waals surface area contributed by atoms with Crippen molar-refractivity contribution in [3.05, 3.63) is 101 Å². The first kappa shape index (κ1) is 19.8. The van der Waals surface area contributed by atoms with Gasteiger partial charge in [-0.25, -0.2) is 4.98 Å². The maximum Gasteiger partial charge on any atom is 0.139 e. The van der Waals surface area contributed by atoms with Crippen LogP contribution in [0.2, 0.25) is 5.15 Å². The van der Waals surface area contributed by atoms with E-state index in [0.717, 1.165) is 39.7 Å². The standard InChI is InChI=1S/C27H23ClN2O/c28-26-24(21-14-16-31-17-15-21)23-13-7-12-22(20-10-5-2-6-11-20)25(23)27(30-26)29-18-19-8-3-1-4-9-19/h1-14H,15-18H2,(H,29,30). The Morgan fingerprint density at radius 1 is 0.903 bits per heavy atom. The fraction of sp³-hybridized carbons (Fsp3) is 0.148. The Kier molecular flexibility index (Phi) is 5.70. The van der Waals surface area contributed by atoms with Gasteiger partial charge in [-0.2, -0.15) is 0 Å². The van der Waals surface area contributed by atoms with E-state index in [9.17, 15) is 0 Å². The molecule has 0 amide bonds. The minimum Gasteiger partial charge on any atom is -0.377 e. The molecule has 0 unspecified atom stereocenters. The van der Waals surface area contributed by atoms with E-state index in [1.165, 1.54) is 11.1 Å². The van der Waals surface area contributed by atoms with Crippen LogP contribution < -0.4 is 5.32 Å². The lowest BCUT2D eigenvalue weighted by atomic mass is 9.92. The molecule has 0 radical (unpaired) electrons. The predicted octanol–water partition coefficient (Wildman–Crippen LogP) is 6.97. The van der Waals surface area contributed by atoms with E-state index in [2.05, 4.69) is 66.0 Å². The molecule has 2 heterocycles. The van der Waals surface area contributed by atoms with E-state index >= 15 is 0 Å². The van der Waals surface area contributed by atoms with Crippen molar-refractivity contribution >= 4 is 33.8 Å². The molecule has 1 aliphatic rings. The van der Waals surface area contributed by atoms with Gasteiger partial charge in [-0.1, -0.05) is 96.5 Å². The molecule has 0 fully saturated rings. The van der Waals surface area contributed by atoms with Crippen LogP contribution in [-0.2, 0) is 11.3 Å². The largest absolute Gasteiger partial charge is 0.377 e. The van der Waals surface area contributed by atoms with Gasteiger partial charge in [-0.15, -0.1) is 0 Å². The summed E-state index contributed by atoms with van der Waals surface area (Å²) in [5.74, 6) is 0.805. The van der Waals surface area contributed by atoms with Crippen LogP contribution in [-0.4, -0.2) is 18.2 Å². The van der Waals surface area contributed by atoms with Crippen LogP contribution in [0.4, 0.5) is 5.82 Å². The maximum atomic E-state index is 6.79. The Labute approximate surface area is 187 Å². The van der Waals surface area contributed by atoms with Gasteiger partial charge in [-0.3, -0.25) is 0 Å². The molecule has 0 bridgehead atoms. The average molecular weight is 427 g/mol. The van der Waals surface area contributed by atoms with E-state index in [1.807, 2.05) is 24.3 Å². The summed E-state index contributed by atoms with van der Waals surface area (Å²) in [7, 11) is 0. The van der Waals surface area contributed by atoms with Crippen LogP contribution in [0.3, 0.4) is 0 Å². The first-order valence-electron chi connectivity index (χ1n) is 10.5. The third-order valence-corrected chi connectivity index (χ3v) is 5.93. The van der Waals surface area contributed by atoms with Crippen LogP contribution in [0.5, 0.6) is 0 Å². The van der Waals surface area contributed by atoms with E-state index in [0.29, 0.717) is 24.9 Å². The Balaban J connectivity index is 1.71. The zero-order chi connectivity index (χ0) is 21.0. The fourth-order valence-corrected chi connectivity index (χ4v) is 4.47. The maximum absolute atomic E-state index is 6.79. The average Bonchev–Trinajstić information content (AvgIpc) is 2.84. The number of benzene rings is 3. The van der Waals surface area contributed by atoms with Crippen LogP contribution in [0.1, 0.15) is 17.5 Å². The van der Waals surface area contributed by atoms with Crippen molar-refractivity contribution in [1.82, 2.24) is 4.98 Å². The first-order chi connectivity index (χ1) is 15.3. The molecule has 31 heavy (non-hydrogen) atoms. The Hall–Kier alpha value is -3.14. The number of rotatable bonds is 5. The molecule has 1 N–H and O–H groups in total. The van der Waals surface area contributed by atoms with Gasteiger partial charge in [0.15, 0.2) is 0 Å². The summed E-state index contributed by atoms with van der Waals surface area (Å²) >= 11 is 6.79. The molecule has 1 aliphatic heterocycles. The molecule has 0 aliphatic carbocycles. The zero-order valence-corrected chi connectivity index (χ0v) is 17.9. The summed E-state index contributed by atoms with van der Waals surface area (Å²) in [6, 6.07) is 27.2. The highest BCUT2D eigenvalue weighted by Crippen LogP contribution is 2.41. The molecule has 0 spiro atoms. The number of fused-ring (bicyclic) bond motifs is 1. The van der Waals surface area contributed by atoms with Crippen molar-refractivity contribution in [3.63, 3.8) is 0 Å². The van der Waals surface area contributed by atoms with Gasteiger partial charge in [0.25, 0.3) is 0 Å². The summed E-state index contributed by atoms with van der Waals surface area (Å²) < 4.78 is 5.53. The SMILES string of the molecule is Clc1nc(NCc2ccccc2)c2c(-c3ccccc3)cccc2c1C1=CCOCC1. The summed E-state index contributed by atoms with van der Waals surface area (Å²) in [5, 5.41) is 6.28. The second-order valence-electron chi connectivity index (χ2n) is 7.61. The number of pyridine rings is 1. The first-order valence-corrected chi connectivity index (χ1v) is 10.9. The van der Waals surface area contributed by atoms with Gasteiger partial charge in [0, 0.05) is 17.5 Å². The molecule has 5 rings (SSSR count). The van der Waals surface area contributed by atoms with Crippen LogP contribution >= 0.6 is 11.6 Å². The van der Waals surface area contributed by atoms with Gasteiger partial charge in [0.05, 0.1) is 13.2 Å². The van der Waals surface area contributed by atoms with Crippen molar-refractivity contribution in [2.75, 3.05) is 18.5 Å². The van der Waals surface area contributed by atoms with Crippen molar-refractivity contribution in [3.8, 4) is 11.1 Å². The molecule has 4 heteroatoms. The predicted molar refractivity (Wildman–Crippen MR) is 129 cm³/mol. The molecule has 3 nitrogen and oxygen atoms in total. The number of halogens is 1. The fourth-order valence-electron chi connectivity index (χ4n) is 4.16.